The highest BCUT2D eigenvalue weighted by Gasteiger charge is 2.55. The summed E-state index contributed by atoms with van der Waals surface area (Å²) in [5.41, 5.74) is 3.43. The number of benzene rings is 1. The van der Waals surface area contributed by atoms with Crippen LogP contribution in [0.15, 0.2) is 77.9 Å². The molecule has 0 aromatic heterocycles. The molecule has 0 unspecified atom stereocenters. The Morgan fingerprint density at radius 2 is 1.82 bits per heavy atom. The van der Waals surface area contributed by atoms with Gasteiger partial charge in [-0.1, -0.05) is 80.6 Å². The summed E-state index contributed by atoms with van der Waals surface area (Å²) in [7, 11) is 0. The van der Waals surface area contributed by atoms with Crippen LogP contribution < -0.4 is 0 Å². The molecule has 0 amide bonds. The molecule has 5 rings (SSSR count). The molecule has 4 aliphatic rings. The largest absolute Gasteiger partial charge is 0.393 e. The molecular formula is C34H44O4. The van der Waals surface area contributed by atoms with Gasteiger partial charge < -0.3 is 15.3 Å². The van der Waals surface area contributed by atoms with Gasteiger partial charge in [0.05, 0.1) is 23.7 Å². The van der Waals surface area contributed by atoms with Crippen LogP contribution in [0.25, 0.3) is 0 Å². The van der Waals surface area contributed by atoms with Crippen molar-refractivity contribution >= 4 is 5.78 Å². The fourth-order valence-corrected chi connectivity index (χ4v) is 7.88. The predicted octanol–water partition coefficient (Wildman–Crippen LogP) is 6.34. The molecule has 7 atom stereocenters. The molecule has 0 aliphatic heterocycles. The predicted molar refractivity (Wildman–Crippen MR) is 151 cm³/mol. The molecule has 4 fully saturated rings. The Balaban J connectivity index is 1.28. The second-order valence-electron chi connectivity index (χ2n) is 12.7. The summed E-state index contributed by atoms with van der Waals surface area (Å²) in [6.07, 6.45) is 14.7. The van der Waals surface area contributed by atoms with Gasteiger partial charge in [0.2, 0.25) is 0 Å². The summed E-state index contributed by atoms with van der Waals surface area (Å²) < 4.78 is 0. The van der Waals surface area contributed by atoms with Gasteiger partial charge in [-0.25, -0.2) is 0 Å². The van der Waals surface area contributed by atoms with Crippen molar-refractivity contribution in [2.75, 3.05) is 0 Å². The number of carbonyl (C=O) groups is 1. The van der Waals surface area contributed by atoms with E-state index in [4.69, 9.17) is 0 Å². The van der Waals surface area contributed by atoms with Crippen LogP contribution >= 0.6 is 0 Å². The monoisotopic (exact) mass is 516 g/mol. The average molecular weight is 517 g/mol. The topological polar surface area (TPSA) is 77.8 Å². The lowest BCUT2D eigenvalue weighted by molar-refractivity contribution is 0.0725. The van der Waals surface area contributed by atoms with E-state index in [-0.39, 0.29) is 11.2 Å². The quantitative estimate of drug-likeness (QED) is 0.292. The van der Waals surface area contributed by atoms with Crippen molar-refractivity contribution in [3.8, 4) is 0 Å². The van der Waals surface area contributed by atoms with Gasteiger partial charge in [-0.15, -0.1) is 0 Å². The van der Waals surface area contributed by atoms with Crippen molar-refractivity contribution in [1.29, 1.82) is 0 Å². The summed E-state index contributed by atoms with van der Waals surface area (Å²) in [6, 6.07) is 9.37. The standard InChI is InChI=1S/C34H44O4/c1-22(11-16-31(37)34(18-19-34)32(38)25-8-5-4-6-9-25)28-14-15-29-24(10-7-17-33(28,29)3)12-13-26-20-27(35)21-30(36)23(26)2/h4-6,8-9,11-13,16,22,27-31,35-37H,2,7,10,14-15,17-21H2,1,3H3/t22-,27-,28-,29+,30+,31-,33-/m1/s1. The Morgan fingerprint density at radius 1 is 1.08 bits per heavy atom. The Hall–Kier alpha value is -2.27. The lowest BCUT2D eigenvalue weighted by Gasteiger charge is -2.44. The first-order valence-corrected chi connectivity index (χ1v) is 14.6. The van der Waals surface area contributed by atoms with E-state index in [0.29, 0.717) is 36.2 Å². The molecule has 38 heavy (non-hydrogen) atoms. The number of carbonyl (C=O) groups excluding carboxylic acids is 1. The van der Waals surface area contributed by atoms with E-state index in [0.717, 1.165) is 36.8 Å². The number of aliphatic hydroxyl groups excluding tert-OH is 3. The minimum Gasteiger partial charge on any atom is -0.393 e. The van der Waals surface area contributed by atoms with Crippen molar-refractivity contribution in [3.05, 3.63) is 83.5 Å². The number of Topliss-reactive ketones (excluding diaryl/α,β-unsaturated/α-hetero) is 1. The molecule has 1 aromatic carbocycles. The Labute approximate surface area is 227 Å². The van der Waals surface area contributed by atoms with Crippen LogP contribution in [0.3, 0.4) is 0 Å². The highest BCUT2D eigenvalue weighted by molar-refractivity contribution is 6.02. The first-order chi connectivity index (χ1) is 18.2. The van der Waals surface area contributed by atoms with Crippen LogP contribution in [0.2, 0.25) is 0 Å². The summed E-state index contributed by atoms with van der Waals surface area (Å²) >= 11 is 0. The molecule has 0 saturated heterocycles. The van der Waals surface area contributed by atoms with Crippen LogP contribution in [0, 0.1) is 28.6 Å². The minimum atomic E-state index is -0.745. The van der Waals surface area contributed by atoms with E-state index in [1.165, 1.54) is 24.8 Å². The second-order valence-corrected chi connectivity index (χ2v) is 12.7. The number of rotatable bonds is 7. The highest BCUT2D eigenvalue weighted by Crippen LogP contribution is 2.60. The van der Waals surface area contributed by atoms with Gasteiger partial charge in [0.15, 0.2) is 5.78 Å². The molecule has 0 radical (unpaired) electrons. The van der Waals surface area contributed by atoms with E-state index < -0.39 is 23.7 Å². The van der Waals surface area contributed by atoms with Gasteiger partial charge in [0.1, 0.15) is 0 Å². The van der Waals surface area contributed by atoms with E-state index in [1.54, 1.807) is 0 Å². The SMILES string of the molecule is C=C1C(=CC=C2CCC[C@]3(C)[C@@H]([C@H](C)C=C[C@@H](O)C4(C(=O)c5ccccc5)CC4)CC[C@@H]23)C[C@@H](O)C[C@@H]1O. The van der Waals surface area contributed by atoms with Gasteiger partial charge in [0.25, 0.3) is 0 Å². The molecule has 4 heteroatoms. The fourth-order valence-electron chi connectivity index (χ4n) is 7.88. The van der Waals surface area contributed by atoms with Crippen molar-refractivity contribution < 1.29 is 20.1 Å². The first-order valence-electron chi connectivity index (χ1n) is 14.6. The Morgan fingerprint density at radius 3 is 2.53 bits per heavy atom. The van der Waals surface area contributed by atoms with Crippen molar-refractivity contribution in [2.24, 2.45) is 28.6 Å². The first kappa shape index (κ1) is 27.3. The third kappa shape index (κ3) is 5.03. The van der Waals surface area contributed by atoms with E-state index >= 15 is 0 Å². The molecule has 204 valence electrons. The molecule has 4 nitrogen and oxygen atoms in total. The summed E-state index contributed by atoms with van der Waals surface area (Å²) in [6.45, 7) is 8.79. The molecule has 0 spiro atoms. The number of hydrogen-bond acceptors (Lipinski definition) is 4. The Bertz CT molecular complexity index is 1140. The van der Waals surface area contributed by atoms with Crippen LogP contribution in [-0.4, -0.2) is 39.4 Å². The number of fused-ring (bicyclic) bond motifs is 1. The van der Waals surface area contributed by atoms with Gasteiger partial charge in [0, 0.05) is 12.0 Å². The lowest BCUT2D eigenvalue weighted by atomic mass is 9.61. The summed E-state index contributed by atoms with van der Waals surface area (Å²) in [5.74, 6) is 1.44. The summed E-state index contributed by atoms with van der Waals surface area (Å²) in [5, 5.41) is 31.4. The Kier molecular flexibility index (Phi) is 7.70. The average Bonchev–Trinajstić information content (AvgIpc) is 3.64. The third-order valence-electron chi connectivity index (χ3n) is 10.4. The second kappa shape index (κ2) is 10.7. The fraction of sp³-hybridized carbons (Fsp3) is 0.559. The number of ketones is 1. The molecule has 4 aliphatic carbocycles. The lowest BCUT2D eigenvalue weighted by Crippen LogP contribution is -2.35. The number of hydrogen-bond donors (Lipinski definition) is 3. The van der Waals surface area contributed by atoms with E-state index in [9.17, 15) is 20.1 Å². The maximum atomic E-state index is 13.1. The maximum absolute atomic E-state index is 13.1. The molecule has 3 N–H and O–H groups in total. The zero-order valence-electron chi connectivity index (χ0n) is 23.0. The van der Waals surface area contributed by atoms with Gasteiger partial charge in [-0.05, 0) is 85.7 Å². The van der Waals surface area contributed by atoms with Gasteiger partial charge in [-0.2, -0.15) is 0 Å². The van der Waals surface area contributed by atoms with Crippen molar-refractivity contribution in [3.63, 3.8) is 0 Å². The van der Waals surface area contributed by atoms with Crippen molar-refractivity contribution in [1.82, 2.24) is 0 Å². The molecular weight excluding hydrogens is 472 g/mol. The van der Waals surface area contributed by atoms with E-state index in [2.05, 4.69) is 38.7 Å². The molecule has 1 aromatic rings. The summed E-state index contributed by atoms with van der Waals surface area (Å²) in [4.78, 5) is 13.1. The number of aliphatic hydroxyl groups is 3. The molecule has 4 saturated carbocycles. The zero-order chi connectivity index (χ0) is 27.1. The van der Waals surface area contributed by atoms with Crippen LogP contribution in [0.1, 0.15) is 82.0 Å². The van der Waals surface area contributed by atoms with Gasteiger partial charge in [-0.3, -0.25) is 4.79 Å². The van der Waals surface area contributed by atoms with Gasteiger partial charge >= 0.3 is 0 Å². The maximum Gasteiger partial charge on any atom is 0.171 e. The van der Waals surface area contributed by atoms with Crippen LogP contribution in [0.5, 0.6) is 0 Å². The van der Waals surface area contributed by atoms with E-state index in [1.807, 2.05) is 36.4 Å². The smallest absolute Gasteiger partial charge is 0.171 e. The third-order valence-corrected chi connectivity index (χ3v) is 10.4. The highest BCUT2D eigenvalue weighted by atomic mass is 16.3. The minimum absolute atomic E-state index is 0.0626. The molecule has 0 bridgehead atoms. The normalized spacial score (nSPS) is 36.4. The zero-order valence-corrected chi connectivity index (χ0v) is 23.0. The number of allylic oxidation sites excluding steroid dienone is 4. The van der Waals surface area contributed by atoms with Crippen LogP contribution in [-0.2, 0) is 0 Å². The van der Waals surface area contributed by atoms with Crippen LogP contribution in [0.4, 0.5) is 0 Å². The van der Waals surface area contributed by atoms with Crippen molar-refractivity contribution in [2.45, 2.75) is 89.9 Å². The molecule has 0 heterocycles.